The van der Waals surface area contributed by atoms with Crippen molar-refractivity contribution < 1.29 is 14.7 Å². The molecule has 1 aliphatic rings. The van der Waals surface area contributed by atoms with Crippen LogP contribution in [0.3, 0.4) is 0 Å². The molecule has 0 aromatic carbocycles. The number of urea groups is 1. The third-order valence-corrected chi connectivity index (χ3v) is 3.10. The zero-order valence-corrected chi connectivity index (χ0v) is 9.74. The number of rotatable bonds is 4. The second-order valence-corrected chi connectivity index (χ2v) is 4.26. The first-order valence-electron chi connectivity index (χ1n) is 5.83. The maximum absolute atomic E-state index is 11.3. The smallest absolute Gasteiger partial charge is 0.315 e. The van der Waals surface area contributed by atoms with E-state index in [1.165, 1.54) is 0 Å². The van der Waals surface area contributed by atoms with Crippen molar-refractivity contribution in [3.63, 3.8) is 0 Å². The van der Waals surface area contributed by atoms with Crippen molar-refractivity contribution in [3.8, 4) is 12.3 Å². The Hall–Kier alpha value is -1.70. The highest BCUT2D eigenvalue weighted by Crippen LogP contribution is 2.29. The summed E-state index contributed by atoms with van der Waals surface area (Å²) in [6.07, 6.45) is 8.55. The SMILES string of the molecule is C#CCNC(=O)NCC1CCCCC1C(=O)O. The van der Waals surface area contributed by atoms with Gasteiger partial charge in [-0.2, -0.15) is 0 Å². The average Bonchev–Trinajstić information content (AvgIpc) is 2.34. The zero-order chi connectivity index (χ0) is 12.7. The Morgan fingerprint density at radius 1 is 1.29 bits per heavy atom. The van der Waals surface area contributed by atoms with E-state index in [-0.39, 0.29) is 24.4 Å². The van der Waals surface area contributed by atoms with Crippen molar-refractivity contribution in [2.45, 2.75) is 25.7 Å². The number of carboxylic acids is 1. The summed E-state index contributed by atoms with van der Waals surface area (Å²) in [7, 11) is 0. The molecule has 1 aliphatic carbocycles. The van der Waals surface area contributed by atoms with Crippen molar-refractivity contribution in [1.82, 2.24) is 10.6 Å². The van der Waals surface area contributed by atoms with Gasteiger partial charge in [-0.15, -0.1) is 6.42 Å². The molecule has 5 heteroatoms. The molecule has 0 bridgehead atoms. The van der Waals surface area contributed by atoms with E-state index in [2.05, 4.69) is 16.6 Å². The summed E-state index contributed by atoms with van der Waals surface area (Å²) in [6.45, 7) is 0.576. The fourth-order valence-corrected chi connectivity index (χ4v) is 2.19. The lowest BCUT2D eigenvalue weighted by Gasteiger charge is -2.28. The number of nitrogens with one attached hydrogen (secondary N) is 2. The molecule has 3 N–H and O–H groups in total. The van der Waals surface area contributed by atoms with Crippen molar-refractivity contribution in [2.75, 3.05) is 13.1 Å². The molecule has 0 heterocycles. The summed E-state index contributed by atoms with van der Waals surface area (Å²) >= 11 is 0. The van der Waals surface area contributed by atoms with Gasteiger partial charge in [0.2, 0.25) is 0 Å². The van der Waals surface area contributed by atoms with Gasteiger partial charge in [0, 0.05) is 6.54 Å². The molecule has 94 valence electrons. The average molecular weight is 238 g/mol. The molecule has 2 atom stereocenters. The normalized spacial score (nSPS) is 23.5. The number of terminal acetylenes is 1. The predicted octanol–water partition coefficient (Wildman–Crippen LogP) is 0.810. The van der Waals surface area contributed by atoms with Crippen LogP contribution in [0.4, 0.5) is 4.79 Å². The molecule has 1 rings (SSSR count). The monoisotopic (exact) mass is 238 g/mol. The summed E-state index contributed by atoms with van der Waals surface area (Å²) < 4.78 is 0. The van der Waals surface area contributed by atoms with Crippen molar-refractivity contribution in [1.29, 1.82) is 0 Å². The summed E-state index contributed by atoms with van der Waals surface area (Å²) in [5.41, 5.74) is 0. The molecule has 17 heavy (non-hydrogen) atoms. The van der Waals surface area contributed by atoms with Gasteiger partial charge in [0.15, 0.2) is 0 Å². The summed E-state index contributed by atoms with van der Waals surface area (Å²) in [5, 5.41) is 14.2. The number of aliphatic carboxylic acids is 1. The minimum Gasteiger partial charge on any atom is -0.481 e. The highest BCUT2D eigenvalue weighted by molar-refractivity contribution is 5.74. The first kappa shape index (κ1) is 13.4. The van der Waals surface area contributed by atoms with E-state index in [0.717, 1.165) is 19.3 Å². The molecule has 0 spiro atoms. The molecule has 1 saturated carbocycles. The van der Waals surface area contributed by atoms with E-state index >= 15 is 0 Å². The molecule has 5 nitrogen and oxygen atoms in total. The molecule has 0 radical (unpaired) electrons. The van der Waals surface area contributed by atoms with Crippen LogP contribution in [-0.2, 0) is 4.79 Å². The molecule has 1 fully saturated rings. The van der Waals surface area contributed by atoms with Crippen LogP contribution in [-0.4, -0.2) is 30.2 Å². The lowest BCUT2D eigenvalue weighted by Crippen LogP contribution is -2.41. The highest BCUT2D eigenvalue weighted by Gasteiger charge is 2.30. The number of hydrogen-bond acceptors (Lipinski definition) is 2. The first-order valence-corrected chi connectivity index (χ1v) is 5.83. The largest absolute Gasteiger partial charge is 0.481 e. The van der Waals surface area contributed by atoms with Crippen LogP contribution < -0.4 is 10.6 Å². The Labute approximate surface area is 101 Å². The molecule has 2 amide bonds. The highest BCUT2D eigenvalue weighted by atomic mass is 16.4. The van der Waals surface area contributed by atoms with Gasteiger partial charge in [-0.05, 0) is 18.8 Å². The third kappa shape index (κ3) is 4.35. The number of carboxylic acid groups (broad SMARTS) is 1. The maximum atomic E-state index is 11.3. The molecule has 0 aliphatic heterocycles. The number of hydrogen-bond donors (Lipinski definition) is 3. The Bertz CT molecular complexity index is 322. The predicted molar refractivity (Wildman–Crippen MR) is 63.3 cm³/mol. The maximum Gasteiger partial charge on any atom is 0.315 e. The third-order valence-electron chi connectivity index (χ3n) is 3.10. The minimum atomic E-state index is -0.763. The van der Waals surface area contributed by atoms with Gasteiger partial charge in [0.05, 0.1) is 12.5 Å². The van der Waals surface area contributed by atoms with E-state index in [1.807, 2.05) is 0 Å². The Morgan fingerprint density at radius 2 is 2.00 bits per heavy atom. The summed E-state index contributed by atoms with van der Waals surface area (Å²) in [5.74, 6) is 1.22. The van der Waals surface area contributed by atoms with E-state index in [4.69, 9.17) is 11.5 Å². The molecule has 0 aromatic heterocycles. The van der Waals surface area contributed by atoms with Crippen molar-refractivity contribution in [2.24, 2.45) is 11.8 Å². The quantitative estimate of drug-likeness (QED) is 0.634. The molecule has 0 saturated heterocycles. The van der Waals surface area contributed by atoms with E-state index in [1.54, 1.807) is 0 Å². The standard InChI is InChI=1S/C12H18N2O3/c1-2-7-13-12(17)14-8-9-5-3-4-6-10(9)11(15)16/h1,9-10H,3-8H2,(H,15,16)(H2,13,14,17). The lowest BCUT2D eigenvalue weighted by molar-refractivity contribution is -0.144. The Kier molecular flexibility index (Phi) is 5.34. The Balaban J connectivity index is 2.36. The van der Waals surface area contributed by atoms with E-state index in [9.17, 15) is 9.59 Å². The van der Waals surface area contributed by atoms with Gasteiger partial charge >= 0.3 is 12.0 Å². The molecule has 0 aromatic rings. The van der Waals surface area contributed by atoms with Crippen LogP contribution in [0.5, 0.6) is 0 Å². The second kappa shape index (κ2) is 6.79. The number of carbonyl (C=O) groups excluding carboxylic acids is 1. The van der Waals surface area contributed by atoms with Crippen LogP contribution in [0.1, 0.15) is 25.7 Å². The van der Waals surface area contributed by atoms with Gasteiger partial charge in [0.25, 0.3) is 0 Å². The first-order chi connectivity index (χ1) is 8.15. The van der Waals surface area contributed by atoms with Crippen molar-refractivity contribution >= 4 is 12.0 Å². The van der Waals surface area contributed by atoms with Crippen LogP contribution in [0.15, 0.2) is 0 Å². The van der Waals surface area contributed by atoms with E-state index in [0.29, 0.717) is 13.0 Å². The van der Waals surface area contributed by atoms with Crippen LogP contribution >= 0.6 is 0 Å². The number of carbonyl (C=O) groups is 2. The van der Waals surface area contributed by atoms with Crippen LogP contribution in [0, 0.1) is 24.2 Å². The molecule has 2 unspecified atom stereocenters. The zero-order valence-electron chi connectivity index (χ0n) is 9.74. The van der Waals surface area contributed by atoms with Gasteiger partial charge in [-0.25, -0.2) is 4.79 Å². The summed E-state index contributed by atoms with van der Waals surface area (Å²) in [4.78, 5) is 22.3. The van der Waals surface area contributed by atoms with Gasteiger partial charge in [-0.1, -0.05) is 18.8 Å². The van der Waals surface area contributed by atoms with Crippen LogP contribution in [0.2, 0.25) is 0 Å². The van der Waals surface area contributed by atoms with Crippen LogP contribution in [0.25, 0.3) is 0 Å². The lowest BCUT2D eigenvalue weighted by atomic mass is 9.79. The topological polar surface area (TPSA) is 78.4 Å². The van der Waals surface area contributed by atoms with Gasteiger partial charge < -0.3 is 15.7 Å². The number of amides is 2. The molecular formula is C12H18N2O3. The van der Waals surface area contributed by atoms with Crippen molar-refractivity contribution in [3.05, 3.63) is 0 Å². The van der Waals surface area contributed by atoms with Gasteiger partial charge in [0.1, 0.15) is 0 Å². The summed E-state index contributed by atoms with van der Waals surface area (Å²) in [6, 6.07) is -0.335. The molecular weight excluding hydrogens is 220 g/mol. The second-order valence-electron chi connectivity index (χ2n) is 4.26. The fraction of sp³-hybridized carbons (Fsp3) is 0.667. The fourth-order valence-electron chi connectivity index (χ4n) is 2.19. The van der Waals surface area contributed by atoms with E-state index < -0.39 is 5.97 Å². The van der Waals surface area contributed by atoms with Gasteiger partial charge in [-0.3, -0.25) is 4.79 Å². The minimum absolute atomic E-state index is 0.0258. The Morgan fingerprint density at radius 3 is 2.65 bits per heavy atom.